The topological polar surface area (TPSA) is 49.2 Å². The summed E-state index contributed by atoms with van der Waals surface area (Å²) in [5, 5.41) is 18.7. The lowest BCUT2D eigenvalue weighted by molar-refractivity contribution is 0.106. The van der Waals surface area contributed by atoms with Gasteiger partial charge in [-0.3, -0.25) is 0 Å². The van der Waals surface area contributed by atoms with Crippen molar-refractivity contribution in [2.75, 3.05) is 11.9 Å². The molecule has 0 spiro atoms. The van der Waals surface area contributed by atoms with Crippen LogP contribution in [-0.2, 0) is 0 Å². The van der Waals surface area contributed by atoms with Crippen LogP contribution < -0.4 is 4.90 Å². The standard InChI is InChI=1S/C13H20ClN3O/c1-8-9(2)13(16-15-12(8)14)17(3)10-6-4-5-7-11(10)18/h10-11,18H,4-7H2,1-3H3. The van der Waals surface area contributed by atoms with Gasteiger partial charge < -0.3 is 10.0 Å². The van der Waals surface area contributed by atoms with Gasteiger partial charge in [0.1, 0.15) is 0 Å². The molecule has 4 nitrogen and oxygen atoms in total. The number of hydrogen-bond acceptors (Lipinski definition) is 4. The van der Waals surface area contributed by atoms with Crippen LogP contribution in [0.5, 0.6) is 0 Å². The molecular weight excluding hydrogens is 250 g/mol. The Balaban J connectivity index is 2.28. The third-order valence-corrected chi connectivity index (χ3v) is 4.32. The molecular formula is C13H20ClN3O. The number of hydrogen-bond donors (Lipinski definition) is 1. The molecule has 1 aliphatic carbocycles. The van der Waals surface area contributed by atoms with Crippen LogP contribution in [0.2, 0.25) is 5.15 Å². The van der Waals surface area contributed by atoms with Crippen LogP contribution in [0.4, 0.5) is 5.82 Å². The van der Waals surface area contributed by atoms with Crippen molar-refractivity contribution < 1.29 is 5.11 Å². The quantitative estimate of drug-likeness (QED) is 0.896. The Morgan fingerprint density at radius 3 is 2.50 bits per heavy atom. The summed E-state index contributed by atoms with van der Waals surface area (Å²) in [6.07, 6.45) is 3.86. The molecule has 5 heteroatoms. The molecule has 1 aromatic heterocycles. The lowest BCUT2D eigenvalue weighted by Crippen LogP contribution is -2.44. The van der Waals surface area contributed by atoms with Gasteiger partial charge in [-0.2, -0.15) is 0 Å². The number of nitrogens with zero attached hydrogens (tertiary/aromatic N) is 3. The summed E-state index contributed by atoms with van der Waals surface area (Å²) in [7, 11) is 1.98. The van der Waals surface area contributed by atoms with E-state index in [1.165, 1.54) is 0 Å². The van der Waals surface area contributed by atoms with Crippen molar-refractivity contribution in [3.05, 3.63) is 16.3 Å². The van der Waals surface area contributed by atoms with E-state index in [0.717, 1.165) is 42.6 Å². The summed E-state index contributed by atoms with van der Waals surface area (Å²) in [6, 6.07) is 0.132. The van der Waals surface area contributed by atoms with E-state index < -0.39 is 0 Å². The second kappa shape index (κ2) is 5.41. The molecule has 0 aromatic carbocycles. The maximum atomic E-state index is 10.1. The molecule has 1 aliphatic rings. The first-order valence-electron chi connectivity index (χ1n) is 6.42. The average molecular weight is 270 g/mol. The fraction of sp³-hybridized carbons (Fsp3) is 0.692. The minimum Gasteiger partial charge on any atom is -0.391 e. The molecule has 100 valence electrons. The molecule has 0 amide bonds. The Kier molecular flexibility index (Phi) is 4.07. The van der Waals surface area contributed by atoms with Crippen molar-refractivity contribution in [1.82, 2.24) is 10.2 Å². The number of aliphatic hydroxyl groups excluding tert-OH is 1. The largest absolute Gasteiger partial charge is 0.391 e. The van der Waals surface area contributed by atoms with Crippen molar-refractivity contribution in [3.8, 4) is 0 Å². The Bertz CT molecular complexity index is 438. The van der Waals surface area contributed by atoms with Crippen molar-refractivity contribution in [2.45, 2.75) is 51.7 Å². The van der Waals surface area contributed by atoms with Crippen LogP contribution in [0.1, 0.15) is 36.8 Å². The zero-order valence-electron chi connectivity index (χ0n) is 11.1. The molecule has 1 N–H and O–H groups in total. The van der Waals surface area contributed by atoms with E-state index in [2.05, 4.69) is 15.1 Å². The Morgan fingerprint density at radius 1 is 1.17 bits per heavy atom. The van der Waals surface area contributed by atoms with Crippen LogP contribution in [-0.4, -0.2) is 34.5 Å². The second-order valence-corrected chi connectivity index (χ2v) is 5.45. The molecule has 2 atom stereocenters. The molecule has 2 rings (SSSR count). The van der Waals surface area contributed by atoms with E-state index in [9.17, 15) is 5.11 Å². The Labute approximate surface area is 113 Å². The first kappa shape index (κ1) is 13.6. The van der Waals surface area contributed by atoms with Gasteiger partial charge in [0.05, 0.1) is 12.1 Å². The number of aliphatic hydroxyl groups is 1. The highest BCUT2D eigenvalue weighted by Crippen LogP contribution is 2.29. The van der Waals surface area contributed by atoms with Crippen LogP contribution >= 0.6 is 11.6 Å². The highest BCUT2D eigenvalue weighted by atomic mass is 35.5. The fourth-order valence-corrected chi connectivity index (χ4v) is 2.78. The molecule has 1 heterocycles. The summed E-state index contributed by atoms with van der Waals surface area (Å²) in [6.45, 7) is 3.94. The Morgan fingerprint density at radius 2 is 1.83 bits per heavy atom. The van der Waals surface area contributed by atoms with E-state index in [4.69, 9.17) is 11.6 Å². The van der Waals surface area contributed by atoms with Gasteiger partial charge in [0.25, 0.3) is 0 Å². The van der Waals surface area contributed by atoms with Gasteiger partial charge in [0.15, 0.2) is 11.0 Å². The highest BCUT2D eigenvalue weighted by molar-refractivity contribution is 6.30. The number of anilines is 1. The molecule has 0 bridgehead atoms. The van der Waals surface area contributed by atoms with E-state index in [-0.39, 0.29) is 12.1 Å². The molecule has 1 fully saturated rings. The van der Waals surface area contributed by atoms with Gasteiger partial charge in [-0.1, -0.05) is 24.4 Å². The van der Waals surface area contributed by atoms with Crippen molar-refractivity contribution in [3.63, 3.8) is 0 Å². The van der Waals surface area contributed by atoms with Gasteiger partial charge in [-0.15, -0.1) is 10.2 Å². The van der Waals surface area contributed by atoms with Crippen molar-refractivity contribution in [2.24, 2.45) is 0 Å². The van der Waals surface area contributed by atoms with E-state index in [1.54, 1.807) is 0 Å². The summed E-state index contributed by atoms with van der Waals surface area (Å²) < 4.78 is 0. The van der Waals surface area contributed by atoms with Crippen LogP contribution in [0, 0.1) is 13.8 Å². The average Bonchev–Trinajstić information content (AvgIpc) is 2.36. The van der Waals surface area contributed by atoms with Gasteiger partial charge in [-0.25, -0.2) is 0 Å². The summed E-state index contributed by atoms with van der Waals surface area (Å²) in [4.78, 5) is 2.05. The predicted octanol–water partition coefficient (Wildman–Crippen LogP) is 2.49. The second-order valence-electron chi connectivity index (χ2n) is 5.09. The maximum absolute atomic E-state index is 10.1. The third kappa shape index (κ3) is 2.45. The monoisotopic (exact) mass is 269 g/mol. The highest BCUT2D eigenvalue weighted by Gasteiger charge is 2.28. The minimum atomic E-state index is -0.277. The van der Waals surface area contributed by atoms with Crippen LogP contribution in [0.25, 0.3) is 0 Å². The van der Waals surface area contributed by atoms with E-state index in [1.807, 2.05) is 20.9 Å². The predicted molar refractivity (Wildman–Crippen MR) is 73.2 cm³/mol. The van der Waals surface area contributed by atoms with Crippen molar-refractivity contribution in [1.29, 1.82) is 0 Å². The summed E-state index contributed by atoms with van der Waals surface area (Å²) in [5.74, 6) is 0.822. The van der Waals surface area contributed by atoms with Crippen LogP contribution in [0.15, 0.2) is 0 Å². The summed E-state index contributed by atoms with van der Waals surface area (Å²) in [5.41, 5.74) is 1.99. The first-order valence-corrected chi connectivity index (χ1v) is 6.80. The normalized spacial score (nSPS) is 24.1. The van der Waals surface area contributed by atoms with Gasteiger partial charge in [0, 0.05) is 7.05 Å². The number of halogens is 1. The fourth-order valence-electron chi connectivity index (χ4n) is 2.60. The minimum absolute atomic E-state index is 0.132. The van der Waals surface area contributed by atoms with Crippen LogP contribution in [0.3, 0.4) is 0 Å². The maximum Gasteiger partial charge on any atom is 0.155 e. The SMILES string of the molecule is Cc1c(Cl)nnc(N(C)C2CCCCC2O)c1C. The zero-order valence-corrected chi connectivity index (χ0v) is 11.9. The summed E-state index contributed by atoms with van der Waals surface area (Å²) >= 11 is 5.96. The molecule has 2 unspecified atom stereocenters. The first-order chi connectivity index (χ1) is 8.52. The molecule has 1 aromatic rings. The molecule has 0 saturated heterocycles. The lowest BCUT2D eigenvalue weighted by atomic mass is 9.91. The molecule has 1 saturated carbocycles. The van der Waals surface area contributed by atoms with Gasteiger partial charge in [-0.05, 0) is 37.8 Å². The van der Waals surface area contributed by atoms with E-state index >= 15 is 0 Å². The smallest absolute Gasteiger partial charge is 0.155 e. The number of likely N-dealkylation sites (N-methyl/N-ethyl adjacent to an activating group) is 1. The molecule has 18 heavy (non-hydrogen) atoms. The van der Waals surface area contributed by atoms with E-state index in [0.29, 0.717) is 5.15 Å². The van der Waals surface area contributed by atoms with Crippen molar-refractivity contribution >= 4 is 17.4 Å². The van der Waals surface area contributed by atoms with Gasteiger partial charge >= 0.3 is 0 Å². The van der Waals surface area contributed by atoms with Gasteiger partial charge in [0.2, 0.25) is 0 Å². The Hall–Kier alpha value is -0.870. The number of aromatic nitrogens is 2. The molecule has 0 radical (unpaired) electrons. The zero-order chi connectivity index (χ0) is 13.3. The lowest BCUT2D eigenvalue weighted by Gasteiger charge is -2.36. The number of rotatable bonds is 2. The molecule has 0 aliphatic heterocycles. The third-order valence-electron chi connectivity index (χ3n) is 3.97.